The Labute approximate surface area is 108 Å². The maximum Gasteiger partial charge on any atom is 0.138 e. The number of fused-ring (bicyclic) bond motifs is 3. The molecule has 0 bridgehead atoms. The van der Waals surface area contributed by atoms with Crippen LogP contribution in [0.15, 0.2) is 36.8 Å². The van der Waals surface area contributed by atoms with Crippen molar-refractivity contribution in [3.05, 3.63) is 42.4 Å². The largest absolute Gasteiger partial charge is 0.298 e. The minimum Gasteiger partial charge on any atom is -0.298 e. The van der Waals surface area contributed by atoms with Crippen LogP contribution in [0.5, 0.6) is 0 Å². The van der Waals surface area contributed by atoms with Crippen LogP contribution in [0.25, 0.3) is 16.7 Å². The molecule has 0 aliphatic rings. The molecule has 0 radical (unpaired) electrons. The molecule has 3 heterocycles. The first kappa shape index (κ1) is 12.6. The Balaban J connectivity index is 0.000000574. The van der Waals surface area contributed by atoms with E-state index in [0.29, 0.717) is 5.92 Å². The SMILES string of the molecule is CC.CC(C)c1ccn2c(c1)nc1ccncc12. The lowest BCUT2D eigenvalue weighted by Crippen LogP contribution is -1.90. The van der Waals surface area contributed by atoms with E-state index in [0.717, 1.165) is 16.7 Å². The summed E-state index contributed by atoms with van der Waals surface area (Å²) in [4.78, 5) is 8.71. The predicted molar refractivity (Wildman–Crippen MR) is 75.9 cm³/mol. The number of imidazole rings is 1. The molecule has 0 amide bonds. The summed E-state index contributed by atoms with van der Waals surface area (Å²) in [5, 5.41) is 0. The molecule has 0 saturated carbocycles. The first-order valence-electron chi connectivity index (χ1n) is 6.47. The zero-order chi connectivity index (χ0) is 13.1. The Morgan fingerprint density at radius 1 is 1.17 bits per heavy atom. The third-order valence-corrected chi connectivity index (χ3v) is 2.90. The highest BCUT2D eigenvalue weighted by atomic mass is 15.0. The molecule has 0 aliphatic heterocycles. The Morgan fingerprint density at radius 2 is 1.94 bits per heavy atom. The van der Waals surface area contributed by atoms with E-state index in [9.17, 15) is 0 Å². The van der Waals surface area contributed by atoms with Gasteiger partial charge in [-0.15, -0.1) is 0 Å². The van der Waals surface area contributed by atoms with Crippen molar-refractivity contribution in [3.63, 3.8) is 0 Å². The van der Waals surface area contributed by atoms with Crippen molar-refractivity contribution in [2.24, 2.45) is 0 Å². The van der Waals surface area contributed by atoms with Crippen molar-refractivity contribution in [2.45, 2.75) is 33.6 Å². The monoisotopic (exact) mass is 241 g/mol. The van der Waals surface area contributed by atoms with E-state index in [1.165, 1.54) is 5.56 Å². The topological polar surface area (TPSA) is 30.2 Å². The van der Waals surface area contributed by atoms with Crippen LogP contribution in [0.1, 0.15) is 39.2 Å². The molecule has 3 rings (SSSR count). The van der Waals surface area contributed by atoms with E-state index in [1.807, 2.05) is 26.1 Å². The van der Waals surface area contributed by atoms with Crippen LogP contribution in [-0.4, -0.2) is 14.4 Å². The van der Waals surface area contributed by atoms with Gasteiger partial charge in [0, 0.05) is 12.4 Å². The average Bonchev–Trinajstić information content (AvgIpc) is 2.78. The number of rotatable bonds is 1. The molecule has 3 aromatic heterocycles. The van der Waals surface area contributed by atoms with Crippen molar-refractivity contribution in [1.29, 1.82) is 0 Å². The summed E-state index contributed by atoms with van der Waals surface area (Å²) in [6.07, 6.45) is 5.70. The molecule has 0 aliphatic carbocycles. The smallest absolute Gasteiger partial charge is 0.138 e. The Hall–Kier alpha value is -1.90. The molecular weight excluding hydrogens is 222 g/mol. The van der Waals surface area contributed by atoms with Gasteiger partial charge in [0.25, 0.3) is 0 Å². The van der Waals surface area contributed by atoms with Crippen LogP contribution < -0.4 is 0 Å². The van der Waals surface area contributed by atoms with Gasteiger partial charge >= 0.3 is 0 Å². The van der Waals surface area contributed by atoms with Gasteiger partial charge in [-0.3, -0.25) is 9.38 Å². The number of pyridine rings is 2. The average molecular weight is 241 g/mol. The minimum absolute atomic E-state index is 0.530. The molecular formula is C15H19N3. The Kier molecular flexibility index (Phi) is 3.60. The molecule has 3 heteroatoms. The highest BCUT2D eigenvalue weighted by molar-refractivity contribution is 5.79. The van der Waals surface area contributed by atoms with Crippen molar-refractivity contribution in [2.75, 3.05) is 0 Å². The number of hydrogen-bond donors (Lipinski definition) is 0. The lowest BCUT2D eigenvalue weighted by atomic mass is 10.1. The maximum atomic E-state index is 4.58. The van der Waals surface area contributed by atoms with Crippen molar-refractivity contribution < 1.29 is 0 Å². The van der Waals surface area contributed by atoms with Crippen molar-refractivity contribution >= 4 is 16.7 Å². The second kappa shape index (κ2) is 5.17. The van der Waals surface area contributed by atoms with Gasteiger partial charge in [0.1, 0.15) is 5.65 Å². The fourth-order valence-electron chi connectivity index (χ4n) is 1.94. The predicted octanol–water partition coefficient (Wildman–Crippen LogP) is 4.03. The number of nitrogens with zero attached hydrogens (tertiary/aromatic N) is 3. The lowest BCUT2D eigenvalue weighted by Gasteiger charge is -2.04. The van der Waals surface area contributed by atoms with E-state index in [2.05, 4.69) is 46.5 Å². The van der Waals surface area contributed by atoms with Gasteiger partial charge in [-0.1, -0.05) is 27.7 Å². The van der Waals surface area contributed by atoms with Crippen LogP contribution >= 0.6 is 0 Å². The maximum absolute atomic E-state index is 4.58. The summed E-state index contributed by atoms with van der Waals surface area (Å²) >= 11 is 0. The molecule has 94 valence electrons. The second-order valence-corrected chi connectivity index (χ2v) is 4.32. The highest BCUT2D eigenvalue weighted by Crippen LogP contribution is 2.20. The van der Waals surface area contributed by atoms with Crippen LogP contribution in [0.2, 0.25) is 0 Å². The van der Waals surface area contributed by atoms with Crippen LogP contribution in [0.3, 0.4) is 0 Å². The van der Waals surface area contributed by atoms with E-state index >= 15 is 0 Å². The summed E-state index contributed by atoms with van der Waals surface area (Å²) in [6.45, 7) is 8.38. The van der Waals surface area contributed by atoms with E-state index in [1.54, 1.807) is 6.20 Å². The summed E-state index contributed by atoms with van der Waals surface area (Å²) in [5.41, 5.74) is 4.37. The zero-order valence-electron chi connectivity index (χ0n) is 11.4. The third kappa shape index (κ3) is 2.08. The molecule has 0 unspecified atom stereocenters. The molecule has 0 fully saturated rings. The van der Waals surface area contributed by atoms with Crippen LogP contribution in [0, 0.1) is 0 Å². The van der Waals surface area contributed by atoms with Crippen molar-refractivity contribution in [3.8, 4) is 0 Å². The molecule has 0 N–H and O–H groups in total. The first-order valence-corrected chi connectivity index (χ1v) is 6.47. The van der Waals surface area contributed by atoms with E-state index in [-0.39, 0.29) is 0 Å². The van der Waals surface area contributed by atoms with Gasteiger partial charge in [0.2, 0.25) is 0 Å². The third-order valence-electron chi connectivity index (χ3n) is 2.90. The lowest BCUT2D eigenvalue weighted by molar-refractivity contribution is 0.863. The second-order valence-electron chi connectivity index (χ2n) is 4.32. The van der Waals surface area contributed by atoms with Gasteiger partial charge in [0.05, 0.1) is 17.2 Å². The first-order chi connectivity index (χ1) is 8.75. The molecule has 3 nitrogen and oxygen atoms in total. The van der Waals surface area contributed by atoms with Crippen LogP contribution in [0.4, 0.5) is 0 Å². The van der Waals surface area contributed by atoms with E-state index in [4.69, 9.17) is 0 Å². The summed E-state index contributed by atoms with van der Waals surface area (Å²) < 4.78 is 2.08. The molecule has 18 heavy (non-hydrogen) atoms. The molecule has 0 saturated heterocycles. The summed E-state index contributed by atoms with van der Waals surface area (Å²) in [7, 11) is 0. The molecule has 0 aromatic carbocycles. The highest BCUT2D eigenvalue weighted by Gasteiger charge is 2.05. The zero-order valence-corrected chi connectivity index (χ0v) is 11.4. The normalized spacial score (nSPS) is 10.7. The summed E-state index contributed by atoms with van der Waals surface area (Å²) in [5.74, 6) is 0.530. The Morgan fingerprint density at radius 3 is 2.67 bits per heavy atom. The van der Waals surface area contributed by atoms with Gasteiger partial charge in [0.15, 0.2) is 0 Å². The van der Waals surface area contributed by atoms with Gasteiger partial charge in [-0.2, -0.15) is 0 Å². The fraction of sp³-hybridized carbons (Fsp3) is 0.333. The molecule has 3 aromatic rings. The van der Waals surface area contributed by atoms with Crippen LogP contribution in [-0.2, 0) is 0 Å². The Bertz CT molecular complexity index is 653. The summed E-state index contributed by atoms with van der Waals surface area (Å²) in [6, 6.07) is 6.23. The van der Waals surface area contributed by atoms with E-state index < -0.39 is 0 Å². The van der Waals surface area contributed by atoms with Crippen molar-refractivity contribution in [1.82, 2.24) is 14.4 Å². The fourth-order valence-corrected chi connectivity index (χ4v) is 1.94. The van der Waals surface area contributed by atoms with Gasteiger partial charge in [-0.05, 0) is 29.7 Å². The minimum atomic E-state index is 0.530. The quantitative estimate of drug-likeness (QED) is 0.644. The van der Waals surface area contributed by atoms with Gasteiger partial charge in [-0.25, -0.2) is 4.98 Å². The standard InChI is InChI=1S/C13H13N3.C2H6/c1-9(2)10-4-6-16-12-8-14-5-3-11(12)15-13(16)7-10;1-2/h3-9H,1-2H3;1-2H3. The molecule has 0 spiro atoms. The molecule has 0 atom stereocenters. The number of aromatic nitrogens is 3. The van der Waals surface area contributed by atoms with Gasteiger partial charge < -0.3 is 0 Å². The number of hydrogen-bond acceptors (Lipinski definition) is 2.